The van der Waals surface area contributed by atoms with Crippen LogP contribution >= 0.6 is 0 Å². The molecule has 5 aromatic rings. The van der Waals surface area contributed by atoms with Gasteiger partial charge in [0.05, 0.1) is 22.3 Å². The predicted molar refractivity (Wildman–Crippen MR) is 336 cm³/mol. The number of fused-ring (bicyclic) bond motifs is 8. The first-order valence-electron chi connectivity index (χ1n) is 32.9. The number of hydrogen-bond donors (Lipinski definition) is 0. The summed E-state index contributed by atoms with van der Waals surface area (Å²) in [6.45, 7) is 27.6. The van der Waals surface area contributed by atoms with Gasteiger partial charge in [-0.25, -0.2) is 19.2 Å². The first-order chi connectivity index (χ1) is 40.8. The monoisotopic (exact) mass is 1160 g/mol. The zero-order chi connectivity index (χ0) is 60.7. The Balaban J connectivity index is 0.951. The van der Waals surface area contributed by atoms with Gasteiger partial charge in [-0.2, -0.15) is 0 Å². The maximum absolute atomic E-state index is 16.1. The Kier molecular flexibility index (Phi) is 14.3. The molecule has 8 aliphatic carbocycles. The van der Waals surface area contributed by atoms with E-state index in [0.29, 0.717) is 0 Å². The minimum atomic E-state index is -0.709. The largest absolute Gasteiger partial charge is 0.458 e. The van der Waals surface area contributed by atoms with Gasteiger partial charge in [0, 0.05) is 45.3 Å². The number of ether oxygens (including phenoxy) is 4. The van der Waals surface area contributed by atoms with E-state index in [2.05, 4.69) is 180 Å². The molecule has 8 bridgehead atoms. The summed E-state index contributed by atoms with van der Waals surface area (Å²) in [5, 5.41) is 0. The van der Waals surface area contributed by atoms with Crippen molar-refractivity contribution in [1.82, 2.24) is 0 Å². The van der Waals surface area contributed by atoms with Crippen molar-refractivity contribution in [3.8, 4) is 0 Å². The lowest BCUT2D eigenvalue weighted by atomic mass is 9.70. The van der Waals surface area contributed by atoms with Crippen LogP contribution in [0.15, 0.2) is 133 Å². The molecule has 0 saturated heterocycles. The van der Waals surface area contributed by atoms with Gasteiger partial charge >= 0.3 is 23.9 Å². The normalized spacial score (nSPS) is 36.7. The molecule has 8 saturated carbocycles. The van der Waals surface area contributed by atoms with E-state index in [1.54, 1.807) is 0 Å². The van der Waals surface area contributed by atoms with E-state index in [1.807, 2.05) is 24.3 Å². The molecule has 0 amide bonds. The third-order valence-corrected chi connectivity index (χ3v) is 27.9. The van der Waals surface area contributed by atoms with Gasteiger partial charge in [-0.15, -0.1) is 0 Å². The molecule has 0 radical (unpaired) electrons. The van der Waals surface area contributed by atoms with Crippen LogP contribution in [-0.2, 0) is 44.6 Å². The van der Waals surface area contributed by atoms with E-state index >= 15 is 19.2 Å². The third-order valence-electron chi connectivity index (χ3n) is 27.9. The Bertz CT molecular complexity index is 2970. The highest BCUT2D eigenvalue weighted by Gasteiger charge is 2.71. The van der Waals surface area contributed by atoms with Crippen molar-refractivity contribution in [2.45, 2.75) is 185 Å². The number of rotatable bonds is 16. The van der Waals surface area contributed by atoms with Gasteiger partial charge in [0.1, 0.15) is 24.4 Å². The highest BCUT2D eigenvalue weighted by Crippen LogP contribution is 2.73. The van der Waals surface area contributed by atoms with Crippen molar-refractivity contribution < 1.29 is 38.1 Å². The number of carbonyl (C=O) groups is 4. The average Bonchev–Trinajstić information content (AvgIpc) is 1.57. The molecule has 0 unspecified atom stereocenters. The number of hydrogen-bond acceptors (Lipinski definition) is 8. The molecule has 0 spiro atoms. The second kappa shape index (κ2) is 20.8. The quantitative estimate of drug-likeness (QED) is 0.0711. The molecule has 0 heterocycles. The Hall–Kier alpha value is -6.02. The van der Waals surface area contributed by atoms with E-state index < -0.39 is 48.3 Å². The molecule has 8 nitrogen and oxygen atoms in total. The van der Waals surface area contributed by atoms with Crippen molar-refractivity contribution in [3.05, 3.63) is 178 Å². The predicted octanol–water partition coefficient (Wildman–Crippen LogP) is 17.0. The second-order valence-corrected chi connectivity index (χ2v) is 31.8. The first-order valence-corrected chi connectivity index (χ1v) is 32.9. The Morgan fingerprint density at radius 1 is 0.314 bits per heavy atom. The summed E-state index contributed by atoms with van der Waals surface area (Å²) in [5.74, 6) is -1.73. The number of esters is 4. The number of carbonyl (C=O) groups excluding carboxylic acids is 4. The zero-order valence-electron chi connectivity index (χ0n) is 53.4. The van der Waals surface area contributed by atoms with Crippen LogP contribution in [0.3, 0.4) is 0 Å². The summed E-state index contributed by atoms with van der Waals surface area (Å²) in [6.07, 6.45) is 8.50. The van der Waals surface area contributed by atoms with Crippen molar-refractivity contribution in [2.75, 3.05) is 0 Å². The van der Waals surface area contributed by atoms with Crippen LogP contribution in [0.5, 0.6) is 0 Å². The lowest BCUT2D eigenvalue weighted by Gasteiger charge is -2.40. The Labute approximate surface area is 512 Å². The fraction of sp³-hybridized carbons (Fsp3) is 0.564. The van der Waals surface area contributed by atoms with Gasteiger partial charge in [-0.3, -0.25) is 0 Å². The number of benzene rings is 5. The molecular formula is C78H94O8. The summed E-state index contributed by atoms with van der Waals surface area (Å²) in [5.41, 5.74) is 2.15. The van der Waals surface area contributed by atoms with E-state index in [4.69, 9.17) is 18.9 Å². The van der Waals surface area contributed by atoms with Gasteiger partial charge in [0.2, 0.25) is 0 Å². The fourth-order valence-electron chi connectivity index (χ4n) is 21.4. The highest BCUT2D eigenvalue weighted by molar-refractivity contribution is 6.10. The van der Waals surface area contributed by atoms with Gasteiger partial charge in [-0.1, -0.05) is 204 Å². The summed E-state index contributed by atoms with van der Waals surface area (Å²) >= 11 is 0. The van der Waals surface area contributed by atoms with Crippen LogP contribution in [0.2, 0.25) is 0 Å². The average molecular weight is 1160 g/mol. The second-order valence-electron chi connectivity index (χ2n) is 31.8. The van der Waals surface area contributed by atoms with Gasteiger partial charge in [0.15, 0.2) is 0 Å². The molecule has 0 aliphatic heterocycles. The van der Waals surface area contributed by atoms with Crippen LogP contribution in [0.1, 0.15) is 198 Å². The van der Waals surface area contributed by atoms with E-state index in [1.165, 1.54) is 34.4 Å². The van der Waals surface area contributed by atoms with E-state index in [9.17, 15) is 0 Å². The molecular weight excluding hydrogens is 1060 g/mol. The van der Waals surface area contributed by atoms with Crippen LogP contribution in [0.25, 0.3) is 0 Å². The van der Waals surface area contributed by atoms with Gasteiger partial charge < -0.3 is 18.9 Å². The summed E-state index contributed by atoms with van der Waals surface area (Å²) in [7, 11) is 0. The molecule has 86 heavy (non-hydrogen) atoms. The van der Waals surface area contributed by atoms with Crippen molar-refractivity contribution in [1.29, 1.82) is 0 Å². The van der Waals surface area contributed by atoms with Crippen LogP contribution in [-0.4, -0.2) is 48.3 Å². The van der Waals surface area contributed by atoms with Crippen LogP contribution < -0.4 is 0 Å². The van der Waals surface area contributed by atoms with Crippen molar-refractivity contribution in [3.63, 3.8) is 0 Å². The first kappa shape index (κ1) is 59.0. The van der Waals surface area contributed by atoms with Crippen LogP contribution in [0, 0.1) is 90.7 Å². The minimum Gasteiger partial charge on any atom is -0.458 e. The summed E-state index contributed by atoms with van der Waals surface area (Å²) in [4.78, 5) is 64.3. The smallest absolute Gasteiger partial charge is 0.339 e. The molecule has 8 aliphatic rings. The minimum absolute atomic E-state index is 0.00113. The Morgan fingerprint density at radius 2 is 0.500 bits per heavy atom. The molecule has 0 aromatic heterocycles. The third kappa shape index (κ3) is 8.74. The fourth-order valence-corrected chi connectivity index (χ4v) is 21.4. The summed E-state index contributed by atoms with van der Waals surface area (Å²) < 4.78 is 28.3. The zero-order valence-corrected chi connectivity index (χ0v) is 53.4. The highest BCUT2D eigenvalue weighted by atomic mass is 16.6. The maximum Gasteiger partial charge on any atom is 0.339 e. The summed E-state index contributed by atoms with van der Waals surface area (Å²) in [6, 6.07) is 44.8. The molecule has 5 aromatic carbocycles. The lowest BCUT2D eigenvalue weighted by Crippen LogP contribution is -2.43. The topological polar surface area (TPSA) is 105 Å². The Morgan fingerprint density at radius 3 is 0.686 bits per heavy atom. The molecule has 454 valence electrons. The molecule has 8 heteroatoms. The maximum atomic E-state index is 16.1. The van der Waals surface area contributed by atoms with Crippen molar-refractivity contribution in [2.24, 2.45) is 90.7 Å². The lowest BCUT2D eigenvalue weighted by molar-refractivity contribution is -0.0450. The van der Waals surface area contributed by atoms with Crippen LogP contribution in [0.4, 0.5) is 0 Å². The molecule has 8 fully saturated rings. The van der Waals surface area contributed by atoms with Crippen molar-refractivity contribution >= 4 is 23.9 Å². The molecule has 0 N–H and O–H groups in total. The standard InChI is InChI=1S/C78H94O8/c1-71(2)59-33-37-75(71,9)63(55(59)41-47-25-17-13-18-26-47)83-67(79)51-45-53(69(81)85-65-57(43-49-29-21-15-22-30-49)61-35-39-77(65,11)73(61,5)6)54(70(82)86-66-58(44-50-31-23-16-24-32-50)62-36-40-78(66,12)74(62,7)8)46-52(51)68(80)84-64-56(42-48-27-19-14-20-28-48)60-34-38-76(64,10)72(60,3)4/h13-32,45-46,55-66H,33-44H2,1-12H3/t55-,56-,57-,58-,59-,60-,61-,62-,63+,64+,65+,66+,75+,76+,77+,78+/m0/s1. The molecule has 13 rings (SSSR count). The molecule has 16 atom stereocenters. The SMILES string of the molecule is CC1(C)[C@H]2CC[C@]1(C)[C@H](OC(=O)c1cc(C(=O)O[C@@H]3[C@@H](Cc4ccccc4)[C@@H]4CC[C@@]3(C)C4(C)C)c(C(=O)O[C@@H]3[C@@H](Cc4ccccc4)[C@@H]4CC[C@@]3(C)C4(C)C)cc1C(=O)O[C@@H]1[C@@H](Cc3ccccc3)[C@@H]3CC[C@@]1(C)C3(C)C)[C@H]2Cc1ccccc1. The van der Waals surface area contributed by atoms with E-state index in [-0.39, 0.29) is 113 Å². The van der Waals surface area contributed by atoms with Gasteiger partial charge in [-0.05, 0) is 157 Å². The van der Waals surface area contributed by atoms with E-state index in [0.717, 1.165) is 77.0 Å². The van der Waals surface area contributed by atoms with Gasteiger partial charge in [0.25, 0.3) is 0 Å².